The van der Waals surface area contributed by atoms with Gasteiger partial charge in [0.1, 0.15) is 34.0 Å². The van der Waals surface area contributed by atoms with Gasteiger partial charge in [0.05, 0.1) is 12.7 Å². The summed E-state index contributed by atoms with van der Waals surface area (Å²) in [5.41, 5.74) is 1.77. The smallest absolute Gasteiger partial charge is 0.200 e. The molecule has 0 aliphatic rings. The lowest BCUT2D eigenvalue weighted by Gasteiger charge is -2.12. The van der Waals surface area contributed by atoms with Crippen molar-refractivity contribution in [2.75, 3.05) is 7.11 Å². The fourth-order valence-corrected chi connectivity index (χ4v) is 2.80. The van der Waals surface area contributed by atoms with E-state index in [1.54, 1.807) is 24.3 Å². The van der Waals surface area contributed by atoms with Gasteiger partial charge in [-0.2, -0.15) is 0 Å². The highest BCUT2D eigenvalue weighted by molar-refractivity contribution is 5.86. The van der Waals surface area contributed by atoms with Crippen molar-refractivity contribution in [1.29, 1.82) is 0 Å². The summed E-state index contributed by atoms with van der Waals surface area (Å²) in [7, 11) is 1.51. The molecule has 1 aromatic heterocycles. The zero-order chi connectivity index (χ0) is 18.8. The van der Waals surface area contributed by atoms with E-state index in [1.807, 2.05) is 19.9 Å². The minimum absolute atomic E-state index is 0.0505. The number of ether oxygens (including phenoxy) is 1. The first-order valence-electron chi connectivity index (χ1n) is 8.20. The van der Waals surface area contributed by atoms with Crippen molar-refractivity contribution in [3.05, 3.63) is 63.8 Å². The van der Waals surface area contributed by atoms with Crippen LogP contribution in [0.1, 0.15) is 19.4 Å². The van der Waals surface area contributed by atoms with Gasteiger partial charge in [-0.25, -0.2) is 0 Å². The van der Waals surface area contributed by atoms with E-state index < -0.39 is 0 Å². The monoisotopic (exact) mass is 352 g/mol. The number of fused-ring (bicyclic) bond motifs is 1. The van der Waals surface area contributed by atoms with Crippen LogP contribution in [0.5, 0.6) is 17.2 Å². The zero-order valence-electron chi connectivity index (χ0n) is 14.9. The van der Waals surface area contributed by atoms with Gasteiger partial charge in [-0.05, 0) is 44.5 Å². The molecule has 2 N–H and O–H groups in total. The lowest BCUT2D eigenvalue weighted by atomic mass is 10.00. The largest absolute Gasteiger partial charge is 0.507 e. The third kappa shape index (κ3) is 3.16. The molecule has 0 fully saturated rings. The summed E-state index contributed by atoms with van der Waals surface area (Å²) in [5, 5.41) is 20.6. The van der Waals surface area contributed by atoms with Crippen molar-refractivity contribution < 1.29 is 19.4 Å². The van der Waals surface area contributed by atoms with Crippen LogP contribution >= 0.6 is 0 Å². The van der Waals surface area contributed by atoms with Crippen LogP contribution in [0.2, 0.25) is 0 Å². The predicted octanol–water partition coefficient (Wildman–Crippen LogP) is 4.39. The Labute approximate surface area is 150 Å². The fraction of sp³-hybridized carbons (Fsp3) is 0.190. The summed E-state index contributed by atoms with van der Waals surface area (Å²) in [4.78, 5) is 13.0. The van der Waals surface area contributed by atoms with Crippen LogP contribution in [0.25, 0.3) is 22.3 Å². The first-order valence-corrected chi connectivity index (χ1v) is 8.20. The Hall–Kier alpha value is -3.21. The Morgan fingerprint density at radius 2 is 1.92 bits per heavy atom. The van der Waals surface area contributed by atoms with Crippen molar-refractivity contribution in [3.8, 4) is 28.6 Å². The summed E-state index contributed by atoms with van der Waals surface area (Å²) in [6.45, 7) is 3.87. The fourth-order valence-electron chi connectivity index (χ4n) is 2.80. The number of phenolic OH excluding ortho intramolecular Hbond substituents is 2. The number of aromatic hydroxyl groups is 2. The van der Waals surface area contributed by atoms with E-state index in [-0.39, 0.29) is 33.7 Å². The molecule has 0 saturated carbocycles. The SMILES string of the molecule is COc1ccc(-c2oc3cccc(O)c3c(=O)c2CC=C(C)C)c(O)c1. The Bertz CT molecular complexity index is 1060. The number of benzene rings is 2. The normalized spacial score (nSPS) is 10.7. The van der Waals surface area contributed by atoms with Gasteiger partial charge in [0.15, 0.2) is 0 Å². The molecule has 0 radical (unpaired) electrons. The Kier molecular flexibility index (Phi) is 4.71. The molecule has 0 saturated heterocycles. The Balaban J connectivity index is 2.34. The van der Waals surface area contributed by atoms with E-state index in [0.717, 1.165) is 5.57 Å². The maximum absolute atomic E-state index is 13.0. The highest BCUT2D eigenvalue weighted by Gasteiger charge is 2.20. The van der Waals surface area contributed by atoms with Crippen molar-refractivity contribution in [1.82, 2.24) is 0 Å². The van der Waals surface area contributed by atoms with Crippen molar-refractivity contribution in [3.63, 3.8) is 0 Å². The highest BCUT2D eigenvalue weighted by Crippen LogP contribution is 2.36. The molecule has 0 aliphatic carbocycles. The lowest BCUT2D eigenvalue weighted by molar-refractivity contribution is 0.407. The molecule has 0 bridgehead atoms. The molecule has 0 aliphatic heterocycles. The van der Waals surface area contributed by atoms with Crippen LogP contribution in [0.3, 0.4) is 0 Å². The molecule has 0 spiro atoms. The van der Waals surface area contributed by atoms with Gasteiger partial charge < -0.3 is 19.4 Å². The second-order valence-electron chi connectivity index (χ2n) is 6.26. The predicted molar refractivity (Wildman–Crippen MR) is 101 cm³/mol. The standard InChI is InChI=1S/C21H20O5/c1-12(2)7-9-15-20(24)19-16(22)5-4-6-18(19)26-21(15)14-10-8-13(25-3)11-17(14)23/h4-8,10-11,22-23H,9H2,1-3H3. The molecular formula is C21H20O5. The van der Waals surface area contributed by atoms with E-state index >= 15 is 0 Å². The number of hydrogen-bond acceptors (Lipinski definition) is 5. The number of methoxy groups -OCH3 is 1. The molecular weight excluding hydrogens is 332 g/mol. The second-order valence-corrected chi connectivity index (χ2v) is 6.26. The molecule has 134 valence electrons. The molecule has 3 aromatic rings. The third-order valence-corrected chi connectivity index (χ3v) is 4.16. The van der Waals surface area contributed by atoms with Crippen molar-refractivity contribution >= 4 is 11.0 Å². The van der Waals surface area contributed by atoms with Gasteiger partial charge in [-0.1, -0.05) is 17.7 Å². The maximum Gasteiger partial charge on any atom is 0.200 e. The third-order valence-electron chi connectivity index (χ3n) is 4.16. The van der Waals surface area contributed by atoms with Crippen LogP contribution in [0.4, 0.5) is 0 Å². The van der Waals surface area contributed by atoms with Crippen molar-refractivity contribution in [2.24, 2.45) is 0 Å². The van der Waals surface area contributed by atoms with Crippen LogP contribution < -0.4 is 10.2 Å². The number of phenols is 2. The summed E-state index contributed by atoms with van der Waals surface area (Å²) in [5.74, 6) is 0.606. The van der Waals surface area contributed by atoms with Crippen LogP contribution in [0.15, 0.2) is 57.3 Å². The number of rotatable bonds is 4. The van der Waals surface area contributed by atoms with E-state index in [4.69, 9.17) is 9.15 Å². The van der Waals surface area contributed by atoms with Gasteiger partial charge in [0.25, 0.3) is 0 Å². The molecule has 5 nitrogen and oxygen atoms in total. The molecule has 2 aromatic carbocycles. The average molecular weight is 352 g/mol. The molecule has 26 heavy (non-hydrogen) atoms. The van der Waals surface area contributed by atoms with Crippen LogP contribution in [0, 0.1) is 0 Å². The van der Waals surface area contributed by atoms with E-state index in [9.17, 15) is 15.0 Å². The van der Waals surface area contributed by atoms with Crippen LogP contribution in [-0.2, 0) is 6.42 Å². The zero-order valence-corrected chi connectivity index (χ0v) is 14.9. The minimum atomic E-state index is -0.313. The van der Waals surface area contributed by atoms with Crippen molar-refractivity contribution in [2.45, 2.75) is 20.3 Å². The summed E-state index contributed by atoms with van der Waals surface area (Å²) in [6.07, 6.45) is 2.23. The summed E-state index contributed by atoms with van der Waals surface area (Å²) in [6, 6.07) is 9.47. The number of allylic oxidation sites excluding steroid dienone is 2. The summed E-state index contributed by atoms with van der Waals surface area (Å²) < 4.78 is 11.0. The van der Waals surface area contributed by atoms with Gasteiger partial charge >= 0.3 is 0 Å². The number of hydrogen-bond donors (Lipinski definition) is 2. The highest BCUT2D eigenvalue weighted by atomic mass is 16.5. The minimum Gasteiger partial charge on any atom is -0.507 e. The van der Waals surface area contributed by atoms with Gasteiger partial charge in [0, 0.05) is 11.6 Å². The lowest BCUT2D eigenvalue weighted by Crippen LogP contribution is -2.11. The molecule has 1 heterocycles. The Morgan fingerprint density at radius 3 is 2.58 bits per heavy atom. The molecule has 0 unspecified atom stereocenters. The first kappa shape index (κ1) is 17.6. The first-order chi connectivity index (χ1) is 12.4. The average Bonchev–Trinajstić information content (AvgIpc) is 2.60. The van der Waals surface area contributed by atoms with Gasteiger partial charge in [0.2, 0.25) is 5.43 Å². The summed E-state index contributed by atoms with van der Waals surface area (Å²) >= 11 is 0. The van der Waals surface area contributed by atoms with E-state index in [0.29, 0.717) is 23.3 Å². The maximum atomic E-state index is 13.0. The topological polar surface area (TPSA) is 79.9 Å². The van der Waals surface area contributed by atoms with E-state index in [2.05, 4.69) is 0 Å². The van der Waals surface area contributed by atoms with Gasteiger partial charge in [-0.3, -0.25) is 4.79 Å². The molecule has 0 amide bonds. The molecule has 0 atom stereocenters. The van der Waals surface area contributed by atoms with Crippen LogP contribution in [-0.4, -0.2) is 17.3 Å². The Morgan fingerprint density at radius 1 is 1.15 bits per heavy atom. The quantitative estimate of drug-likeness (QED) is 0.681. The molecule has 5 heteroatoms. The second kappa shape index (κ2) is 6.96. The van der Waals surface area contributed by atoms with E-state index in [1.165, 1.54) is 19.2 Å². The molecule has 3 rings (SSSR count). The van der Waals surface area contributed by atoms with Gasteiger partial charge in [-0.15, -0.1) is 0 Å².